The SMILES string of the molecule is O=C(C[C@H]1C(=O)OCN1C(=O)OCc1ccccc1)Nc1ccccc1. The molecule has 7 nitrogen and oxygen atoms in total. The van der Waals surface area contributed by atoms with Crippen LogP contribution < -0.4 is 5.32 Å². The average molecular weight is 354 g/mol. The molecule has 1 N–H and O–H groups in total. The van der Waals surface area contributed by atoms with E-state index in [2.05, 4.69) is 5.32 Å². The molecule has 1 heterocycles. The quantitative estimate of drug-likeness (QED) is 0.834. The van der Waals surface area contributed by atoms with Gasteiger partial charge in [0.1, 0.15) is 12.6 Å². The van der Waals surface area contributed by atoms with Crippen LogP contribution in [0.2, 0.25) is 0 Å². The number of carbonyl (C=O) groups excluding carboxylic acids is 3. The summed E-state index contributed by atoms with van der Waals surface area (Å²) in [6.07, 6.45) is -0.897. The zero-order valence-electron chi connectivity index (χ0n) is 14.0. The number of rotatable bonds is 5. The molecule has 1 aliphatic rings. The highest BCUT2D eigenvalue weighted by atomic mass is 16.6. The van der Waals surface area contributed by atoms with Crippen LogP contribution in [-0.4, -0.2) is 35.6 Å². The van der Waals surface area contributed by atoms with Gasteiger partial charge in [-0.1, -0.05) is 48.5 Å². The Labute approximate surface area is 150 Å². The van der Waals surface area contributed by atoms with E-state index >= 15 is 0 Å². The smallest absolute Gasteiger partial charge is 0.413 e. The fourth-order valence-electron chi connectivity index (χ4n) is 2.53. The van der Waals surface area contributed by atoms with Crippen molar-refractivity contribution in [3.8, 4) is 0 Å². The number of ether oxygens (including phenoxy) is 2. The summed E-state index contributed by atoms with van der Waals surface area (Å²) in [5.74, 6) is -1.01. The summed E-state index contributed by atoms with van der Waals surface area (Å²) in [7, 11) is 0. The molecule has 0 spiro atoms. The summed E-state index contributed by atoms with van der Waals surface area (Å²) in [4.78, 5) is 37.4. The number of cyclic esters (lactones) is 1. The van der Waals surface area contributed by atoms with Crippen LogP contribution in [0.5, 0.6) is 0 Å². The summed E-state index contributed by atoms with van der Waals surface area (Å²) in [6, 6.07) is 17.0. The van der Waals surface area contributed by atoms with Gasteiger partial charge in [-0.15, -0.1) is 0 Å². The number of nitrogens with one attached hydrogen (secondary N) is 1. The van der Waals surface area contributed by atoms with Gasteiger partial charge in [0.25, 0.3) is 0 Å². The Balaban J connectivity index is 1.57. The number of para-hydroxylation sites is 1. The lowest BCUT2D eigenvalue weighted by atomic mass is 10.2. The van der Waals surface area contributed by atoms with Crippen molar-refractivity contribution < 1.29 is 23.9 Å². The van der Waals surface area contributed by atoms with Crippen molar-refractivity contribution in [3.63, 3.8) is 0 Å². The van der Waals surface area contributed by atoms with E-state index in [1.54, 1.807) is 24.3 Å². The van der Waals surface area contributed by atoms with E-state index in [4.69, 9.17) is 9.47 Å². The minimum absolute atomic E-state index is 0.0767. The number of hydrogen-bond acceptors (Lipinski definition) is 5. The second-order valence-electron chi connectivity index (χ2n) is 5.74. The van der Waals surface area contributed by atoms with Crippen molar-refractivity contribution in [2.45, 2.75) is 19.1 Å². The standard InChI is InChI=1S/C19H18N2O5/c22-17(20-15-9-5-2-6-10-15)11-16-18(23)26-13-21(16)19(24)25-12-14-7-3-1-4-8-14/h1-10,16H,11-13H2,(H,20,22)/t16-/m0/s1. The van der Waals surface area contributed by atoms with Crippen LogP contribution >= 0.6 is 0 Å². The third kappa shape index (κ3) is 4.38. The van der Waals surface area contributed by atoms with Gasteiger partial charge >= 0.3 is 12.1 Å². The number of anilines is 1. The van der Waals surface area contributed by atoms with Crippen molar-refractivity contribution in [3.05, 3.63) is 66.2 Å². The monoisotopic (exact) mass is 354 g/mol. The second-order valence-corrected chi connectivity index (χ2v) is 5.74. The van der Waals surface area contributed by atoms with Gasteiger partial charge in [-0.25, -0.2) is 9.59 Å². The van der Waals surface area contributed by atoms with Gasteiger partial charge in [0, 0.05) is 5.69 Å². The van der Waals surface area contributed by atoms with E-state index in [1.807, 2.05) is 36.4 Å². The topological polar surface area (TPSA) is 84.9 Å². The van der Waals surface area contributed by atoms with Gasteiger partial charge in [-0.05, 0) is 17.7 Å². The Morgan fingerprint density at radius 2 is 1.73 bits per heavy atom. The van der Waals surface area contributed by atoms with Gasteiger partial charge in [0.05, 0.1) is 6.42 Å². The molecule has 134 valence electrons. The molecule has 2 aromatic rings. The molecule has 0 bridgehead atoms. The average Bonchev–Trinajstić information content (AvgIpc) is 3.02. The Kier molecular flexibility index (Phi) is 5.48. The van der Waals surface area contributed by atoms with Gasteiger partial charge in [0.15, 0.2) is 6.73 Å². The van der Waals surface area contributed by atoms with Gasteiger partial charge < -0.3 is 14.8 Å². The van der Waals surface area contributed by atoms with Gasteiger partial charge in [-0.2, -0.15) is 0 Å². The predicted octanol–water partition coefficient (Wildman–Crippen LogP) is 2.54. The Morgan fingerprint density at radius 1 is 1.08 bits per heavy atom. The van der Waals surface area contributed by atoms with Crippen LogP contribution in [0.1, 0.15) is 12.0 Å². The number of carbonyl (C=O) groups is 3. The largest absolute Gasteiger partial charge is 0.444 e. The van der Waals surface area contributed by atoms with Crippen molar-refractivity contribution in [1.82, 2.24) is 4.90 Å². The van der Waals surface area contributed by atoms with Crippen molar-refractivity contribution >= 4 is 23.7 Å². The molecular weight excluding hydrogens is 336 g/mol. The van der Waals surface area contributed by atoms with E-state index in [0.717, 1.165) is 10.5 Å². The normalized spacial score (nSPS) is 16.1. The maximum absolute atomic E-state index is 12.3. The first-order valence-electron chi connectivity index (χ1n) is 8.12. The Morgan fingerprint density at radius 3 is 2.42 bits per heavy atom. The minimum Gasteiger partial charge on any atom is -0.444 e. The molecule has 7 heteroatoms. The molecular formula is C19H18N2O5. The summed E-state index contributed by atoms with van der Waals surface area (Å²) in [6.45, 7) is -0.150. The predicted molar refractivity (Wildman–Crippen MR) is 92.9 cm³/mol. The van der Waals surface area contributed by atoms with Crippen molar-refractivity contribution in [2.24, 2.45) is 0 Å². The lowest BCUT2D eigenvalue weighted by Crippen LogP contribution is -2.40. The molecule has 0 radical (unpaired) electrons. The molecule has 0 saturated carbocycles. The van der Waals surface area contributed by atoms with Crippen LogP contribution in [0, 0.1) is 0 Å². The molecule has 1 fully saturated rings. The third-order valence-corrected chi connectivity index (χ3v) is 3.87. The van der Waals surface area contributed by atoms with Crippen molar-refractivity contribution in [2.75, 3.05) is 12.0 Å². The van der Waals surface area contributed by atoms with E-state index in [-0.39, 0.29) is 25.7 Å². The lowest BCUT2D eigenvalue weighted by molar-refractivity contribution is -0.140. The molecule has 2 aromatic carbocycles. The highest BCUT2D eigenvalue weighted by Gasteiger charge is 2.40. The van der Waals surface area contributed by atoms with E-state index in [1.165, 1.54) is 0 Å². The first kappa shape index (κ1) is 17.5. The molecule has 0 unspecified atom stereocenters. The van der Waals surface area contributed by atoms with Crippen molar-refractivity contribution in [1.29, 1.82) is 0 Å². The third-order valence-electron chi connectivity index (χ3n) is 3.87. The van der Waals surface area contributed by atoms with Crippen LogP contribution in [0.25, 0.3) is 0 Å². The van der Waals surface area contributed by atoms with Gasteiger partial charge in [0.2, 0.25) is 5.91 Å². The second kappa shape index (κ2) is 8.15. The zero-order chi connectivity index (χ0) is 18.4. The first-order valence-corrected chi connectivity index (χ1v) is 8.12. The first-order chi connectivity index (χ1) is 12.6. The molecule has 1 aliphatic heterocycles. The minimum atomic E-state index is -0.998. The molecule has 1 atom stereocenters. The maximum Gasteiger partial charge on any atom is 0.413 e. The van der Waals surface area contributed by atoms with E-state index in [9.17, 15) is 14.4 Å². The lowest BCUT2D eigenvalue weighted by Gasteiger charge is -2.19. The molecule has 1 saturated heterocycles. The number of hydrogen-bond donors (Lipinski definition) is 1. The molecule has 3 rings (SSSR count). The summed E-state index contributed by atoms with van der Waals surface area (Å²) < 4.78 is 10.1. The van der Waals surface area contributed by atoms with Crippen LogP contribution in [0.4, 0.5) is 10.5 Å². The molecule has 0 aromatic heterocycles. The van der Waals surface area contributed by atoms with Crippen LogP contribution in [-0.2, 0) is 25.7 Å². The fourth-order valence-corrected chi connectivity index (χ4v) is 2.53. The van der Waals surface area contributed by atoms with Crippen LogP contribution in [0.15, 0.2) is 60.7 Å². The summed E-state index contributed by atoms with van der Waals surface area (Å²) in [5, 5.41) is 2.68. The summed E-state index contributed by atoms with van der Waals surface area (Å²) >= 11 is 0. The highest BCUT2D eigenvalue weighted by molar-refractivity contribution is 5.95. The molecule has 2 amide bonds. The zero-order valence-corrected chi connectivity index (χ0v) is 14.0. The fraction of sp³-hybridized carbons (Fsp3) is 0.211. The molecule has 0 aliphatic carbocycles. The van der Waals surface area contributed by atoms with E-state index < -0.39 is 18.1 Å². The summed E-state index contributed by atoms with van der Waals surface area (Å²) in [5.41, 5.74) is 1.44. The number of amides is 2. The van der Waals surface area contributed by atoms with Crippen LogP contribution in [0.3, 0.4) is 0 Å². The Hall–Kier alpha value is -3.35. The number of esters is 1. The number of nitrogens with zero attached hydrogens (tertiary/aromatic N) is 1. The maximum atomic E-state index is 12.3. The number of benzene rings is 2. The molecule has 26 heavy (non-hydrogen) atoms. The Bertz CT molecular complexity index is 779. The van der Waals surface area contributed by atoms with Gasteiger partial charge in [-0.3, -0.25) is 9.69 Å². The highest BCUT2D eigenvalue weighted by Crippen LogP contribution is 2.18. The van der Waals surface area contributed by atoms with E-state index in [0.29, 0.717) is 5.69 Å².